The lowest BCUT2D eigenvalue weighted by molar-refractivity contribution is -0.139. The highest BCUT2D eigenvalue weighted by Crippen LogP contribution is 2.33. The van der Waals surface area contributed by atoms with Gasteiger partial charge < -0.3 is 9.47 Å². The average molecular weight is 351 g/mol. The number of amides is 2. The lowest BCUT2D eigenvalue weighted by Crippen LogP contribution is -2.33. The van der Waals surface area contributed by atoms with Crippen LogP contribution < -0.4 is 9.47 Å². The summed E-state index contributed by atoms with van der Waals surface area (Å²) in [6.07, 6.45) is 1.53. The number of fused-ring (bicyclic) bond motifs is 1. The maximum atomic E-state index is 12.7. The van der Waals surface area contributed by atoms with Gasteiger partial charge in [-0.2, -0.15) is 0 Å². The van der Waals surface area contributed by atoms with Crippen LogP contribution in [0.25, 0.3) is 0 Å². The molecule has 2 aliphatic rings. The Morgan fingerprint density at radius 3 is 2.54 bits per heavy atom. The van der Waals surface area contributed by atoms with Crippen LogP contribution in [0.2, 0.25) is 0 Å². The molecule has 5 nitrogen and oxygen atoms in total. The van der Waals surface area contributed by atoms with Crippen molar-refractivity contribution < 1.29 is 19.1 Å². The molecule has 4 rings (SSSR count). The van der Waals surface area contributed by atoms with Gasteiger partial charge in [0.15, 0.2) is 11.5 Å². The second-order valence-corrected chi connectivity index (χ2v) is 6.91. The predicted octanol–water partition coefficient (Wildman–Crippen LogP) is 2.88. The lowest BCUT2D eigenvalue weighted by atomic mass is 9.97. The summed E-state index contributed by atoms with van der Waals surface area (Å²) in [4.78, 5) is 26.4. The van der Waals surface area contributed by atoms with Crippen LogP contribution in [0, 0.1) is 12.8 Å². The molecule has 134 valence electrons. The largest absolute Gasteiger partial charge is 0.454 e. The van der Waals surface area contributed by atoms with Crippen molar-refractivity contribution in [3.05, 3.63) is 59.2 Å². The summed E-state index contributed by atoms with van der Waals surface area (Å²) in [6, 6.07) is 13.9. The Morgan fingerprint density at radius 2 is 1.73 bits per heavy atom. The molecule has 5 heteroatoms. The van der Waals surface area contributed by atoms with E-state index in [4.69, 9.17) is 9.47 Å². The minimum atomic E-state index is -0.248. The molecule has 1 saturated heterocycles. The van der Waals surface area contributed by atoms with Crippen molar-refractivity contribution in [3.8, 4) is 11.5 Å². The molecule has 2 amide bonds. The zero-order valence-corrected chi connectivity index (χ0v) is 14.7. The number of benzene rings is 2. The molecule has 0 aromatic heterocycles. The number of nitrogens with zero attached hydrogens (tertiary/aromatic N) is 1. The van der Waals surface area contributed by atoms with E-state index in [0.29, 0.717) is 25.8 Å². The Labute approximate surface area is 152 Å². The van der Waals surface area contributed by atoms with Crippen molar-refractivity contribution in [3.63, 3.8) is 0 Å². The van der Waals surface area contributed by atoms with E-state index in [1.807, 2.05) is 49.4 Å². The second kappa shape index (κ2) is 6.83. The number of carbonyl (C=O) groups is 2. The smallest absolute Gasteiger partial charge is 0.233 e. The van der Waals surface area contributed by atoms with Crippen LogP contribution in [0.3, 0.4) is 0 Å². The fourth-order valence-electron chi connectivity index (χ4n) is 3.49. The summed E-state index contributed by atoms with van der Waals surface area (Å²) in [6.45, 7) is 2.68. The molecule has 0 unspecified atom stereocenters. The SMILES string of the molecule is Cc1ccc(C[C@@H]2CC(=O)N(CCc3ccc4c(c3)OCO4)C2=O)cc1. The first-order valence-electron chi connectivity index (χ1n) is 8.88. The summed E-state index contributed by atoms with van der Waals surface area (Å²) < 4.78 is 10.7. The highest BCUT2D eigenvalue weighted by atomic mass is 16.7. The Balaban J connectivity index is 1.38. The quantitative estimate of drug-likeness (QED) is 0.778. The number of carbonyl (C=O) groups excluding carboxylic acids is 2. The first-order valence-corrected chi connectivity index (χ1v) is 8.88. The second-order valence-electron chi connectivity index (χ2n) is 6.91. The summed E-state index contributed by atoms with van der Waals surface area (Å²) >= 11 is 0. The fourth-order valence-corrected chi connectivity index (χ4v) is 3.49. The molecular formula is C21H21NO4. The monoisotopic (exact) mass is 351 g/mol. The molecule has 2 heterocycles. The van der Waals surface area contributed by atoms with Gasteiger partial charge in [-0.15, -0.1) is 0 Å². The topological polar surface area (TPSA) is 55.8 Å². The number of hydrogen-bond acceptors (Lipinski definition) is 4. The zero-order chi connectivity index (χ0) is 18.1. The van der Waals surface area contributed by atoms with Crippen LogP contribution in [-0.2, 0) is 22.4 Å². The number of ether oxygens (including phenoxy) is 2. The molecule has 2 aromatic rings. The van der Waals surface area contributed by atoms with Crippen LogP contribution in [0.1, 0.15) is 23.1 Å². The molecule has 0 N–H and O–H groups in total. The van der Waals surface area contributed by atoms with E-state index < -0.39 is 0 Å². The van der Waals surface area contributed by atoms with Crippen molar-refractivity contribution in [2.75, 3.05) is 13.3 Å². The van der Waals surface area contributed by atoms with Crippen LogP contribution in [0.5, 0.6) is 11.5 Å². The van der Waals surface area contributed by atoms with E-state index in [1.54, 1.807) is 0 Å². The van der Waals surface area contributed by atoms with Crippen LogP contribution in [0.15, 0.2) is 42.5 Å². The standard InChI is InChI=1S/C21H21NO4/c1-14-2-4-15(5-3-14)10-17-12-20(23)22(21(17)24)9-8-16-6-7-18-19(11-16)26-13-25-18/h2-7,11,17H,8-10,12-13H2,1H3/t17-/m1/s1. The normalized spacial score (nSPS) is 18.7. The van der Waals surface area contributed by atoms with Gasteiger partial charge in [-0.05, 0) is 43.0 Å². The third kappa shape index (κ3) is 3.29. The molecule has 1 fully saturated rings. The average Bonchev–Trinajstić information content (AvgIpc) is 3.20. The van der Waals surface area contributed by atoms with Gasteiger partial charge in [0.25, 0.3) is 0 Å². The van der Waals surface area contributed by atoms with Gasteiger partial charge >= 0.3 is 0 Å². The van der Waals surface area contributed by atoms with E-state index in [2.05, 4.69) is 0 Å². The van der Waals surface area contributed by atoms with Crippen molar-refractivity contribution in [1.82, 2.24) is 4.90 Å². The van der Waals surface area contributed by atoms with E-state index in [1.165, 1.54) is 10.5 Å². The minimum absolute atomic E-state index is 0.0590. The van der Waals surface area contributed by atoms with Crippen molar-refractivity contribution in [1.29, 1.82) is 0 Å². The highest BCUT2D eigenvalue weighted by molar-refractivity contribution is 6.03. The van der Waals surface area contributed by atoms with E-state index in [0.717, 1.165) is 22.6 Å². The number of aryl methyl sites for hydroxylation is 1. The third-order valence-corrected chi connectivity index (χ3v) is 5.00. The Bertz CT molecular complexity index is 844. The van der Waals surface area contributed by atoms with Gasteiger partial charge in [-0.3, -0.25) is 14.5 Å². The summed E-state index contributed by atoms with van der Waals surface area (Å²) in [5.41, 5.74) is 3.31. The molecule has 0 aliphatic carbocycles. The van der Waals surface area contributed by atoms with E-state index >= 15 is 0 Å². The van der Waals surface area contributed by atoms with Gasteiger partial charge in [0.1, 0.15) is 0 Å². The van der Waals surface area contributed by atoms with Gasteiger partial charge in [-0.1, -0.05) is 35.9 Å². The lowest BCUT2D eigenvalue weighted by Gasteiger charge is -2.15. The predicted molar refractivity (Wildman–Crippen MR) is 96.0 cm³/mol. The number of likely N-dealkylation sites (tertiary alicyclic amines) is 1. The summed E-state index contributed by atoms with van der Waals surface area (Å²) in [7, 11) is 0. The maximum absolute atomic E-state index is 12.7. The number of imide groups is 1. The summed E-state index contributed by atoms with van der Waals surface area (Å²) in [5, 5.41) is 0. The Kier molecular flexibility index (Phi) is 4.37. The van der Waals surface area contributed by atoms with Gasteiger partial charge in [0, 0.05) is 13.0 Å². The molecular weight excluding hydrogens is 330 g/mol. The molecule has 26 heavy (non-hydrogen) atoms. The molecule has 0 radical (unpaired) electrons. The third-order valence-electron chi connectivity index (χ3n) is 5.00. The maximum Gasteiger partial charge on any atom is 0.233 e. The van der Waals surface area contributed by atoms with Gasteiger partial charge in [-0.25, -0.2) is 0 Å². The van der Waals surface area contributed by atoms with E-state index in [9.17, 15) is 9.59 Å². The molecule has 0 saturated carbocycles. The number of hydrogen-bond donors (Lipinski definition) is 0. The molecule has 1 atom stereocenters. The van der Waals surface area contributed by atoms with Gasteiger partial charge in [0.2, 0.25) is 18.6 Å². The molecule has 0 spiro atoms. The first-order chi connectivity index (χ1) is 12.6. The summed E-state index contributed by atoms with van der Waals surface area (Å²) in [5.74, 6) is 1.07. The molecule has 0 bridgehead atoms. The Hall–Kier alpha value is -2.82. The van der Waals surface area contributed by atoms with Crippen LogP contribution in [0.4, 0.5) is 0 Å². The Morgan fingerprint density at radius 1 is 1.00 bits per heavy atom. The molecule has 2 aromatic carbocycles. The highest BCUT2D eigenvalue weighted by Gasteiger charge is 2.37. The van der Waals surface area contributed by atoms with Gasteiger partial charge in [0.05, 0.1) is 5.92 Å². The zero-order valence-electron chi connectivity index (χ0n) is 14.7. The van der Waals surface area contributed by atoms with Crippen LogP contribution in [-0.4, -0.2) is 30.1 Å². The van der Waals surface area contributed by atoms with Crippen molar-refractivity contribution in [2.45, 2.75) is 26.2 Å². The van der Waals surface area contributed by atoms with Crippen LogP contribution >= 0.6 is 0 Å². The van der Waals surface area contributed by atoms with Crippen molar-refractivity contribution >= 4 is 11.8 Å². The minimum Gasteiger partial charge on any atom is -0.454 e. The first kappa shape index (κ1) is 16.6. The fraction of sp³-hybridized carbons (Fsp3) is 0.333. The number of rotatable bonds is 5. The van der Waals surface area contributed by atoms with Crippen molar-refractivity contribution in [2.24, 2.45) is 5.92 Å². The van der Waals surface area contributed by atoms with E-state index in [-0.39, 0.29) is 24.5 Å². The molecule has 2 aliphatic heterocycles.